The lowest BCUT2D eigenvalue weighted by Gasteiger charge is -2.14. The van der Waals surface area contributed by atoms with Gasteiger partial charge in [0.25, 0.3) is 0 Å². The molecule has 0 radical (unpaired) electrons. The van der Waals surface area contributed by atoms with Crippen LogP contribution in [0.15, 0.2) is 5.38 Å². The second-order valence-corrected chi connectivity index (χ2v) is 7.91. The van der Waals surface area contributed by atoms with Gasteiger partial charge in [-0.15, -0.1) is 11.3 Å². The molecule has 0 fully saturated rings. The molecule has 0 bridgehead atoms. The number of hydrogen-bond donors (Lipinski definition) is 1. The molecule has 0 aromatic carbocycles. The van der Waals surface area contributed by atoms with Crippen LogP contribution in [0, 0.1) is 0 Å². The molecule has 0 aliphatic carbocycles. The number of nitrogens with one attached hydrogen (secondary N) is 1. The lowest BCUT2D eigenvalue weighted by atomic mass is 9.98. The predicted octanol–water partition coefficient (Wildman–Crippen LogP) is 4.06. The van der Waals surface area contributed by atoms with Crippen molar-refractivity contribution in [3.05, 3.63) is 16.1 Å². The van der Waals surface area contributed by atoms with Crippen molar-refractivity contribution in [3.8, 4) is 0 Å². The summed E-state index contributed by atoms with van der Waals surface area (Å²) in [6, 6.07) is 0.573. The second kappa shape index (κ2) is 7.51. The van der Waals surface area contributed by atoms with Crippen LogP contribution in [0.3, 0.4) is 0 Å². The molecule has 1 aromatic heterocycles. The number of rotatable bonds is 7. The summed E-state index contributed by atoms with van der Waals surface area (Å²) in [7, 11) is 0. The number of thiazole rings is 1. The molecule has 18 heavy (non-hydrogen) atoms. The van der Waals surface area contributed by atoms with Gasteiger partial charge < -0.3 is 5.32 Å². The van der Waals surface area contributed by atoms with Gasteiger partial charge in [0.2, 0.25) is 0 Å². The van der Waals surface area contributed by atoms with Gasteiger partial charge in [0.1, 0.15) is 0 Å². The lowest BCUT2D eigenvalue weighted by molar-refractivity contribution is 0.528. The monoisotopic (exact) mass is 286 g/mol. The van der Waals surface area contributed by atoms with Gasteiger partial charge in [-0.2, -0.15) is 11.8 Å². The maximum absolute atomic E-state index is 4.70. The van der Waals surface area contributed by atoms with Crippen molar-refractivity contribution >= 4 is 23.1 Å². The van der Waals surface area contributed by atoms with Crippen LogP contribution in [0.2, 0.25) is 0 Å². The van der Waals surface area contributed by atoms with Gasteiger partial charge in [0.05, 0.1) is 10.7 Å². The van der Waals surface area contributed by atoms with Crippen LogP contribution in [0.4, 0.5) is 0 Å². The molecule has 1 heterocycles. The van der Waals surface area contributed by atoms with E-state index in [-0.39, 0.29) is 5.41 Å². The Balaban J connectivity index is 2.33. The van der Waals surface area contributed by atoms with Crippen molar-refractivity contribution in [1.29, 1.82) is 0 Å². The van der Waals surface area contributed by atoms with Gasteiger partial charge in [-0.25, -0.2) is 4.98 Å². The van der Waals surface area contributed by atoms with E-state index < -0.39 is 0 Å². The standard InChI is InChI=1S/C14H26N2S2/c1-6-17-8-7-11(2)15-9-12-10-18-13(16-12)14(3,4)5/h10-11,15H,6-9H2,1-5H3. The van der Waals surface area contributed by atoms with Gasteiger partial charge in [0.15, 0.2) is 0 Å². The molecular formula is C14H26N2S2. The fourth-order valence-electron chi connectivity index (χ4n) is 1.52. The van der Waals surface area contributed by atoms with Gasteiger partial charge in [0, 0.05) is 23.4 Å². The maximum atomic E-state index is 4.70. The molecular weight excluding hydrogens is 260 g/mol. The van der Waals surface area contributed by atoms with Crippen LogP contribution in [0.25, 0.3) is 0 Å². The Kier molecular flexibility index (Phi) is 6.67. The molecule has 0 saturated heterocycles. The molecule has 0 saturated carbocycles. The molecule has 2 nitrogen and oxygen atoms in total. The second-order valence-electron chi connectivity index (χ2n) is 5.66. The van der Waals surface area contributed by atoms with Crippen molar-refractivity contribution in [2.45, 2.75) is 59.0 Å². The van der Waals surface area contributed by atoms with Gasteiger partial charge >= 0.3 is 0 Å². The molecule has 1 rings (SSSR count). The first-order valence-electron chi connectivity index (χ1n) is 6.69. The Morgan fingerprint density at radius 1 is 1.44 bits per heavy atom. The fraction of sp³-hybridized carbons (Fsp3) is 0.786. The van der Waals surface area contributed by atoms with E-state index in [1.165, 1.54) is 28.6 Å². The number of aromatic nitrogens is 1. The molecule has 0 amide bonds. The van der Waals surface area contributed by atoms with E-state index in [9.17, 15) is 0 Å². The molecule has 0 aliphatic heterocycles. The summed E-state index contributed by atoms with van der Waals surface area (Å²) in [6.45, 7) is 12.0. The van der Waals surface area contributed by atoms with E-state index >= 15 is 0 Å². The van der Waals surface area contributed by atoms with E-state index in [1.54, 1.807) is 11.3 Å². The third-order valence-corrected chi connectivity index (χ3v) is 4.97. The highest BCUT2D eigenvalue weighted by Gasteiger charge is 2.17. The molecule has 1 aromatic rings. The summed E-state index contributed by atoms with van der Waals surface area (Å²) in [4.78, 5) is 4.70. The van der Waals surface area contributed by atoms with Crippen molar-refractivity contribution in [1.82, 2.24) is 10.3 Å². The topological polar surface area (TPSA) is 24.9 Å². The van der Waals surface area contributed by atoms with Gasteiger partial charge in [-0.05, 0) is 24.9 Å². The van der Waals surface area contributed by atoms with E-state index in [1.807, 2.05) is 11.8 Å². The Labute approximate surface area is 120 Å². The summed E-state index contributed by atoms with van der Waals surface area (Å²) in [6.07, 6.45) is 1.23. The zero-order chi connectivity index (χ0) is 13.6. The first-order valence-corrected chi connectivity index (χ1v) is 8.73. The van der Waals surface area contributed by atoms with Crippen molar-refractivity contribution in [2.75, 3.05) is 11.5 Å². The molecule has 0 spiro atoms. The molecule has 1 N–H and O–H groups in total. The lowest BCUT2D eigenvalue weighted by Crippen LogP contribution is -2.26. The van der Waals surface area contributed by atoms with Crippen LogP contribution in [-0.2, 0) is 12.0 Å². The summed E-state index contributed by atoms with van der Waals surface area (Å²) in [5.41, 5.74) is 1.35. The molecule has 1 atom stereocenters. The van der Waals surface area contributed by atoms with Crippen LogP contribution in [0.1, 0.15) is 51.7 Å². The van der Waals surface area contributed by atoms with Crippen LogP contribution in [-0.4, -0.2) is 22.5 Å². The Morgan fingerprint density at radius 3 is 2.72 bits per heavy atom. The first-order chi connectivity index (χ1) is 8.43. The summed E-state index contributed by atoms with van der Waals surface area (Å²) >= 11 is 3.79. The van der Waals surface area contributed by atoms with Crippen molar-refractivity contribution in [2.24, 2.45) is 0 Å². The highest BCUT2D eigenvalue weighted by molar-refractivity contribution is 7.99. The third-order valence-electron chi connectivity index (χ3n) is 2.72. The maximum Gasteiger partial charge on any atom is 0.0982 e. The zero-order valence-electron chi connectivity index (χ0n) is 12.2. The van der Waals surface area contributed by atoms with Crippen molar-refractivity contribution < 1.29 is 0 Å². The van der Waals surface area contributed by atoms with Crippen LogP contribution >= 0.6 is 23.1 Å². The Morgan fingerprint density at radius 2 is 2.17 bits per heavy atom. The summed E-state index contributed by atoms with van der Waals surface area (Å²) in [5.74, 6) is 2.46. The number of thioether (sulfide) groups is 1. The van der Waals surface area contributed by atoms with Crippen molar-refractivity contribution in [3.63, 3.8) is 0 Å². The Bertz CT molecular complexity index is 342. The summed E-state index contributed by atoms with van der Waals surface area (Å²) in [5, 5.41) is 6.97. The average Bonchev–Trinajstić information content (AvgIpc) is 2.75. The predicted molar refractivity (Wildman–Crippen MR) is 84.7 cm³/mol. The van der Waals surface area contributed by atoms with E-state index in [2.05, 4.69) is 45.3 Å². The highest BCUT2D eigenvalue weighted by Crippen LogP contribution is 2.25. The number of nitrogens with zero attached hydrogens (tertiary/aromatic N) is 1. The Hall–Kier alpha value is -0.0600. The minimum absolute atomic E-state index is 0.173. The van der Waals surface area contributed by atoms with E-state index in [0.717, 1.165) is 6.54 Å². The molecule has 4 heteroatoms. The van der Waals surface area contributed by atoms with Gasteiger partial charge in [-0.3, -0.25) is 0 Å². The van der Waals surface area contributed by atoms with Crippen LogP contribution < -0.4 is 5.32 Å². The largest absolute Gasteiger partial charge is 0.309 e. The SMILES string of the molecule is CCSCCC(C)NCc1csc(C(C)(C)C)n1. The minimum atomic E-state index is 0.173. The molecule has 1 unspecified atom stereocenters. The van der Waals surface area contributed by atoms with E-state index in [4.69, 9.17) is 4.98 Å². The summed E-state index contributed by atoms with van der Waals surface area (Å²) < 4.78 is 0. The highest BCUT2D eigenvalue weighted by atomic mass is 32.2. The minimum Gasteiger partial charge on any atom is -0.309 e. The fourth-order valence-corrected chi connectivity index (χ4v) is 3.23. The molecule has 0 aliphatic rings. The number of hydrogen-bond acceptors (Lipinski definition) is 4. The first kappa shape index (κ1) is 16.0. The third kappa shape index (κ3) is 5.72. The zero-order valence-corrected chi connectivity index (χ0v) is 13.9. The van der Waals surface area contributed by atoms with E-state index in [0.29, 0.717) is 6.04 Å². The quantitative estimate of drug-likeness (QED) is 0.765. The molecule has 104 valence electrons. The van der Waals surface area contributed by atoms with Gasteiger partial charge in [-0.1, -0.05) is 27.7 Å². The average molecular weight is 287 g/mol. The van der Waals surface area contributed by atoms with Crippen LogP contribution in [0.5, 0.6) is 0 Å². The normalized spacial score (nSPS) is 13.8. The smallest absolute Gasteiger partial charge is 0.0982 e.